The summed E-state index contributed by atoms with van der Waals surface area (Å²) < 4.78 is 5.46. The number of fused-ring (bicyclic) bond motifs is 1. The van der Waals surface area contributed by atoms with E-state index < -0.39 is 12.1 Å². The number of rotatable bonds is 3. The van der Waals surface area contributed by atoms with Gasteiger partial charge in [-0.25, -0.2) is 4.79 Å². The highest BCUT2D eigenvalue weighted by Crippen LogP contribution is 2.28. The van der Waals surface area contributed by atoms with Crippen LogP contribution in [0.5, 0.6) is 5.75 Å². The number of benzene rings is 1. The average molecular weight is 245 g/mol. The van der Waals surface area contributed by atoms with E-state index in [0.29, 0.717) is 5.75 Å². The molecule has 0 aliphatic carbocycles. The summed E-state index contributed by atoms with van der Waals surface area (Å²) in [4.78, 5) is 15.1. The number of aryl methyl sites for hydroxylation is 2. The van der Waals surface area contributed by atoms with Crippen LogP contribution in [0, 0.1) is 13.8 Å². The Morgan fingerprint density at radius 3 is 2.78 bits per heavy atom. The first kappa shape index (κ1) is 12.4. The van der Waals surface area contributed by atoms with E-state index in [1.807, 2.05) is 26.0 Å². The predicted molar refractivity (Wildman–Crippen MR) is 68.9 cm³/mol. The van der Waals surface area contributed by atoms with Gasteiger partial charge in [-0.15, -0.1) is 0 Å². The summed E-state index contributed by atoms with van der Waals surface area (Å²) in [5.74, 6) is -0.425. The van der Waals surface area contributed by atoms with Crippen LogP contribution in [-0.4, -0.2) is 22.2 Å². The third kappa shape index (κ3) is 2.27. The van der Waals surface area contributed by atoms with Gasteiger partial charge in [0.05, 0.1) is 5.52 Å². The number of carboxylic acid groups (broad SMARTS) is 1. The van der Waals surface area contributed by atoms with E-state index >= 15 is 0 Å². The molecular formula is C14H15NO3. The Balaban J connectivity index is 2.54. The van der Waals surface area contributed by atoms with Crippen LogP contribution in [0.2, 0.25) is 0 Å². The molecule has 0 aliphatic heterocycles. The highest BCUT2D eigenvalue weighted by Gasteiger charge is 2.15. The number of ether oxygens (including phenoxy) is 1. The van der Waals surface area contributed by atoms with Gasteiger partial charge < -0.3 is 9.84 Å². The number of carbonyl (C=O) groups is 1. The molecule has 1 atom stereocenters. The lowest BCUT2D eigenvalue weighted by molar-refractivity contribution is -0.144. The fourth-order valence-corrected chi connectivity index (χ4v) is 1.93. The van der Waals surface area contributed by atoms with Crippen molar-refractivity contribution < 1.29 is 14.6 Å². The number of carboxylic acids is 1. The summed E-state index contributed by atoms with van der Waals surface area (Å²) in [6, 6.07) is 5.69. The first-order valence-corrected chi connectivity index (χ1v) is 5.74. The summed E-state index contributed by atoms with van der Waals surface area (Å²) in [7, 11) is 0. The van der Waals surface area contributed by atoms with Crippen molar-refractivity contribution in [2.75, 3.05) is 0 Å². The Kier molecular flexibility index (Phi) is 3.19. The minimum absolute atomic E-state index is 0.557. The predicted octanol–water partition coefficient (Wildman–Crippen LogP) is 2.70. The van der Waals surface area contributed by atoms with E-state index in [2.05, 4.69) is 4.98 Å². The topological polar surface area (TPSA) is 59.4 Å². The molecule has 18 heavy (non-hydrogen) atoms. The molecule has 2 aromatic rings. The maximum absolute atomic E-state index is 10.8. The monoisotopic (exact) mass is 245 g/mol. The maximum Gasteiger partial charge on any atom is 0.344 e. The molecule has 1 unspecified atom stereocenters. The molecule has 0 spiro atoms. The van der Waals surface area contributed by atoms with E-state index in [0.717, 1.165) is 22.0 Å². The van der Waals surface area contributed by atoms with E-state index in [9.17, 15) is 4.79 Å². The average Bonchev–Trinajstić information content (AvgIpc) is 2.29. The molecule has 1 heterocycles. The van der Waals surface area contributed by atoms with E-state index in [-0.39, 0.29) is 0 Å². The first-order chi connectivity index (χ1) is 8.49. The Bertz CT molecular complexity index is 607. The summed E-state index contributed by atoms with van der Waals surface area (Å²) >= 11 is 0. The maximum atomic E-state index is 10.8. The number of hydrogen-bond donors (Lipinski definition) is 1. The van der Waals surface area contributed by atoms with Crippen molar-refractivity contribution in [2.24, 2.45) is 0 Å². The van der Waals surface area contributed by atoms with E-state index in [1.54, 1.807) is 12.3 Å². The Morgan fingerprint density at radius 2 is 2.11 bits per heavy atom. The van der Waals surface area contributed by atoms with Gasteiger partial charge in [0.2, 0.25) is 0 Å². The fourth-order valence-electron chi connectivity index (χ4n) is 1.93. The molecule has 0 saturated carbocycles. The van der Waals surface area contributed by atoms with Gasteiger partial charge in [0.15, 0.2) is 6.10 Å². The number of aromatic nitrogens is 1. The van der Waals surface area contributed by atoms with Crippen molar-refractivity contribution in [3.8, 4) is 5.75 Å². The Morgan fingerprint density at radius 1 is 1.39 bits per heavy atom. The molecular weight excluding hydrogens is 230 g/mol. The summed E-state index contributed by atoms with van der Waals surface area (Å²) in [5.41, 5.74) is 3.00. The standard InChI is InChI=1S/C14H15NO3/c1-8-6-9(2)13-11(7-8)12(4-5-15-13)18-10(3)14(16)17/h4-7,10H,1-3H3,(H,16,17). The van der Waals surface area contributed by atoms with Crippen LogP contribution < -0.4 is 4.74 Å². The lowest BCUT2D eigenvalue weighted by atomic mass is 10.1. The van der Waals surface area contributed by atoms with Crippen molar-refractivity contribution in [3.63, 3.8) is 0 Å². The molecule has 94 valence electrons. The van der Waals surface area contributed by atoms with Crippen molar-refractivity contribution in [3.05, 3.63) is 35.5 Å². The zero-order valence-electron chi connectivity index (χ0n) is 10.6. The van der Waals surface area contributed by atoms with Gasteiger partial charge in [-0.05, 0) is 44.0 Å². The minimum atomic E-state index is -0.982. The van der Waals surface area contributed by atoms with Crippen molar-refractivity contribution in [1.82, 2.24) is 4.98 Å². The van der Waals surface area contributed by atoms with Crippen LogP contribution >= 0.6 is 0 Å². The number of pyridine rings is 1. The molecule has 0 amide bonds. The normalized spacial score (nSPS) is 12.4. The second-order valence-electron chi connectivity index (χ2n) is 4.39. The molecule has 4 nitrogen and oxygen atoms in total. The van der Waals surface area contributed by atoms with Gasteiger partial charge in [0.1, 0.15) is 5.75 Å². The second-order valence-corrected chi connectivity index (χ2v) is 4.39. The van der Waals surface area contributed by atoms with Gasteiger partial charge in [-0.1, -0.05) is 6.07 Å². The molecule has 1 aromatic heterocycles. The molecule has 0 fully saturated rings. The quantitative estimate of drug-likeness (QED) is 0.903. The van der Waals surface area contributed by atoms with Gasteiger partial charge in [0, 0.05) is 11.6 Å². The lowest BCUT2D eigenvalue weighted by Crippen LogP contribution is -2.23. The number of hydrogen-bond acceptors (Lipinski definition) is 3. The summed E-state index contributed by atoms with van der Waals surface area (Å²) in [5, 5.41) is 9.73. The molecule has 0 saturated heterocycles. The van der Waals surface area contributed by atoms with Crippen LogP contribution in [-0.2, 0) is 4.79 Å². The molecule has 2 rings (SSSR count). The number of nitrogens with zero attached hydrogens (tertiary/aromatic N) is 1. The largest absolute Gasteiger partial charge is 0.479 e. The molecule has 0 aliphatic rings. The molecule has 4 heteroatoms. The first-order valence-electron chi connectivity index (χ1n) is 5.74. The van der Waals surface area contributed by atoms with Crippen LogP contribution in [0.1, 0.15) is 18.1 Å². The van der Waals surface area contributed by atoms with E-state index in [1.165, 1.54) is 6.92 Å². The Hall–Kier alpha value is -2.10. The highest BCUT2D eigenvalue weighted by atomic mass is 16.5. The zero-order chi connectivity index (χ0) is 13.3. The lowest BCUT2D eigenvalue weighted by Gasteiger charge is -2.13. The van der Waals surface area contributed by atoms with Crippen molar-refractivity contribution in [2.45, 2.75) is 26.9 Å². The van der Waals surface area contributed by atoms with Crippen molar-refractivity contribution >= 4 is 16.9 Å². The van der Waals surface area contributed by atoms with Crippen LogP contribution in [0.15, 0.2) is 24.4 Å². The second kappa shape index (κ2) is 4.64. The van der Waals surface area contributed by atoms with Gasteiger partial charge in [0.25, 0.3) is 0 Å². The van der Waals surface area contributed by atoms with Gasteiger partial charge >= 0.3 is 5.97 Å². The van der Waals surface area contributed by atoms with Crippen LogP contribution in [0.25, 0.3) is 10.9 Å². The molecule has 0 radical (unpaired) electrons. The smallest absolute Gasteiger partial charge is 0.344 e. The zero-order valence-corrected chi connectivity index (χ0v) is 10.6. The third-order valence-electron chi connectivity index (χ3n) is 2.79. The summed E-state index contributed by atoms with van der Waals surface area (Å²) in [6.45, 7) is 5.48. The van der Waals surface area contributed by atoms with Gasteiger partial charge in [-0.3, -0.25) is 4.98 Å². The van der Waals surface area contributed by atoms with Crippen molar-refractivity contribution in [1.29, 1.82) is 0 Å². The SMILES string of the molecule is Cc1cc(C)c2nccc(OC(C)C(=O)O)c2c1. The van der Waals surface area contributed by atoms with E-state index in [4.69, 9.17) is 9.84 Å². The summed E-state index contributed by atoms with van der Waals surface area (Å²) in [6.07, 6.45) is 0.755. The number of aliphatic carboxylic acids is 1. The van der Waals surface area contributed by atoms with Crippen LogP contribution in [0.3, 0.4) is 0 Å². The molecule has 1 aromatic carbocycles. The molecule has 0 bridgehead atoms. The molecule has 1 N–H and O–H groups in total. The highest BCUT2D eigenvalue weighted by molar-refractivity contribution is 5.88. The van der Waals surface area contributed by atoms with Crippen LogP contribution in [0.4, 0.5) is 0 Å². The Labute approximate surface area is 105 Å². The third-order valence-corrected chi connectivity index (χ3v) is 2.79. The minimum Gasteiger partial charge on any atom is -0.479 e. The van der Waals surface area contributed by atoms with Gasteiger partial charge in [-0.2, -0.15) is 0 Å². The fraction of sp³-hybridized carbons (Fsp3) is 0.286.